The van der Waals surface area contributed by atoms with Crippen LogP contribution in [0.1, 0.15) is 32.3 Å². The summed E-state index contributed by atoms with van der Waals surface area (Å²) in [5.41, 5.74) is 0.852. The highest BCUT2D eigenvalue weighted by molar-refractivity contribution is 6.31. The third-order valence-electron chi connectivity index (χ3n) is 2.94. The lowest BCUT2D eigenvalue weighted by molar-refractivity contribution is -0.130. The van der Waals surface area contributed by atoms with Crippen molar-refractivity contribution in [2.75, 3.05) is 20.2 Å². The molecule has 0 spiro atoms. The zero-order valence-electron chi connectivity index (χ0n) is 11.9. The Morgan fingerprint density at radius 1 is 1.26 bits per heavy atom. The van der Waals surface area contributed by atoms with E-state index in [0.29, 0.717) is 17.2 Å². The Morgan fingerprint density at radius 3 is 2.37 bits per heavy atom. The van der Waals surface area contributed by atoms with Crippen molar-refractivity contribution >= 4 is 17.5 Å². The third kappa shape index (κ3) is 4.75. The highest BCUT2D eigenvalue weighted by Crippen LogP contribution is 2.23. The molecule has 0 atom stereocenters. The van der Waals surface area contributed by atoms with E-state index in [4.69, 9.17) is 16.3 Å². The highest BCUT2D eigenvalue weighted by Gasteiger charge is 2.14. The number of methoxy groups -OCH3 is 1. The smallest absolute Gasteiger partial charge is 0.227 e. The standard InChI is InChI=1S/C15H22ClNO2/c1-4-8-17(9-5-2)15(18)10-12-6-7-13(19-3)11-14(12)16/h6-7,11H,4-5,8-10H2,1-3H3. The van der Waals surface area contributed by atoms with Crippen LogP contribution in [0.3, 0.4) is 0 Å². The molecule has 0 heterocycles. The summed E-state index contributed by atoms with van der Waals surface area (Å²) < 4.78 is 5.10. The number of carbonyl (C=O) groups excluding carboxylic acids is 1. The number of halogens is 1. The minimum absolute atomic E-state index is 0.135. The molecule has 4 heteroatoms. The summed E-state index contributed by atoms with van der Waals surface area (Å²) >= 11 is 6.16. The maximum atomic E-state index is 12.2. The number of benzene rings is 1. The van der Waals surface area contributed by atoms with Gasteiger partial charge in [0.15, 0.2) is 0 Å². The van der Waals surface area contributed by atoms with Gasteiger partial charge in [-0.05, 0) is 30.5 Å². The Kier molecular flexibility index (Phi) is 6.71. The normalized spacial score (nSPS) is 10.3. The Labute approximate surface area is 120 Å². The lowest BCUT2D eigenvalue weighted by atomic mass is 10.1. The number of amides is 1. The molecular weight excluding hydrogens is 262 g/mol. The van der Waals surface area contributed by atoms with Gasteiger partial charge >= 0.3 is 0 Å². The molecule has 0 fully saturated rings. The molecule has 1 aromatic carbocycles. The Balaban J connectivity index is 2.74. The Morgan fingerprint density at radius 2 is 1.89 bits per heavy atom. The predicted octanol–water partition coefficient (Wildman–Crippen LogP) is 3.54. The number of carbonyl (C=O) groups is 1. The fourth-order valence-corrected chi connectivity index (χ4v) is 2.21. The lowest BCUT2D eigenvalue weighted by Gasteiger charge is -2.21. The second kappa shape index (κ2) is 8.05. The first-order valence-electron chi connectivity index (χ1n) is 6.72. The summed E-state index contributed by atoms with van der Waals surface area (Å²) in [5, 5.41) is 0.584. The van der Waals surface area contributed by atoms with Crippen molar-refractivity contribution in [1.82, 2.24) is 4.90 Å². The van der Waals surface area contributed by atoms with Crippen LogP contribution in [0.25, 0.3) is 0 Å². The molecule has 1 amide bonds. The maximum absolute atomic E-state index is 12.2. The van der Waals surface area contributed by atoms with E-state index >= 15 is 0 Å². The van der Waals surface area contributed by atoms with Crippen molar-refractivity contribution < 1.29 is 9.53 Å². The number of hydrogen-bond donors (Lipinski definition) is 0. The molecule has 19 heavy (non-hydrogen) atoms. The van der Waals surface area contributed by atoms with Gasteiger partial charge < -0.3 is 9.64 Å². The topological polar surface area (TPSA) is 29.5 Å². The van der Waals surface area contributed by atoms with Crippen LogP contribution in [0.4, 0.5) is 0 Å². The van der Waals surface area contributed by atoms with Gasteiger partial charge in [0.25, 0.3) is 0 Å². The number of rotatable bonds is 7. The fourth-order valence-electron chi connectivity index (χ4n) is 1.97. The van der Waals surface area contributed by atoms with Crippen molar-refractivity contribution in [1.29, 1.82) is 0 Å². The molecule has 1 aromatic rings. The van der Waals surface area contributed by atoms with Crippen LogP contribution in [-0.2, 0) is 11.2 Å². The molecule has 0 bridgehead atoms. The van der Waals surface area contributed by atoms with Crippen LogP contribution < -0.4 is 4.74 Å². The van der Waals surface area contributed by atoms with E-state index in [1.54, 1.807) is 13.2 Å². The molecule has 0 aliphatic heterocycles. The average molecular weight is 284 g/mol. The second-order valence-electron chi connectivity index (χ2n) is 4.51. The van der Waals surface area contributed by atoms with Crippen LogP contribution in [0.5, 0.6) is 5.75 Å². The molecule has 0 saturated heterocycles. The van der Waals surface area contributed by atoms with E-state index < -0.39 is 0 Å². The minimum Gasteiger partial charge on any atom is -0.497 e. The molecule has 106 valence electrons. The molecule has 0 aromatic heterocycles. The predicted molar refractivity (Wildman–Crippen MR) is 78.9 cm³/mol. The molecule has 0 aliphatic carbocycles. The first-order chi connectivity index (χ1) is 9.12. The first kappa shape index (κ1) is 15.8. The molecule has 1 rings (SSSR count). The monoisotopic (exact) mass is 283 g/mol. The van der Waals surface area contributed by atoms with Gasteiger partial charge in [0.05, 0.1) is 13.5 Å². The van der Waals surface area contributed by atoms with Crippen molar-refractivity contribution in [2.24, 2.45) is 0 Å². The van der Waals surface area contributed by atoms with Gasteiger partial charge in [-0.2, -0.15) is 0 Å². The van der Waals surface area contributed by atoms with Gasteiger partial charge in [-0.1, -0.05) is 31.5 Å². The van der Waals surface area contributed by atoms with Gasteiger partial charge in [-0.25, -0.2) is 0 Å². The number of ether oxygens (including phenoxy) is 1. The van der Waals surface area contributed by atoms with Gasteiger partial charge in [0.2, 0.25) is 5.91 Å². The zero-order chi connectivity index (χ0) is 14.3. The van der Waals surface area contributed by atoms with E-state index in [0.717, 1.165) is 31.5 Å². The molecule has 0 saturated carbocycles. The van der Waals surface area contributed by atoms with Crippen molar-refractivity contribution in [2.45, 2.75) is 33.1 Å². The summed E-state index contributed by atoms with van der Waals surface area (Å²) in [5.74, 6) is 0.843. The molecule has 0 radical (unpaired) electrons. The van der Waals surface area contributed by atoms with Gasteiger partial charge in [-0.15, -0.1) is 0 Å². The molecule has 0 N–H and O–H groups in total. The second-order valence-corrected chi connectivity index (χ2v) is 4.92. The van der Waals surface area contributed by atoms with Gasteiger partial charge in [0.1, 0.15) is 5.75 Å². The highest BCUT2D eigenvalue weighted by atomic mass is 35.5. The summed E-state index contributed by atoms with van der Waals surface area (Å²) in [6, 6.07) is 5.43. The van der Waals surface area contributed by atoms with E-state index in [1.165, 1.54) is 0 Å². The summed E-state index contributed by atoms with van der Waals surface area (Å²) in [7, 11) is 1.60. The zero-order valence-corrected chi connectivity index (χ0v) is 12.7. The Bertz CT molecular complexity index is 415. The first-order valence-corrected chi connectivity index (χ1v) is 7.10. The molecule has 0 aliphatic rings. The molecule has 3 nitrogen and oxygen atoms in total. The van der Waals surface area contributed by atoms with Crippen LogP contribution in [0.2, 0.25) is 5.02 Å². The average Bonchev–Trinajstić information content (AvgIpc) is 2.40. The van der Waals surface area contributed by atoms with Crippen LogP contribution in [0, 0.1) is 0 Å². The van der Waals surface area contributed by atoms with Crippen LogP contribution in [0.15, 0.2) is 18.2 Å². The number of hydrogen-bond acceptors (Lipinski definition) is 2. The summed E-state index contributed by atoms with van der Waals surface area (Å²) in [4.78, 5) is 14.1. The van der Waals surface area contributed by atoms with E-state index in [-0.39, 0.29) is 5.91 Å². The van der Waals surface area contributed by atoms with Crippen molar-refractivity contribution in [3.8, 4) is 5.75 Å². The van der Waals surface area contributed by atoms with E-state index in [1.807, 2.05) is 17.0 Å². The van der Waals surface area contributed by atoms with E-state index in [9.17, 15) is 4.79 Å². The minimum atomic E-state index is 0.135. The fraction of sp³-hybridized carbons (Fsp3) is 0.533. The third-order valence-corrected chi connectivity index (χ3v) is 3.29. The lowest BCUT2D eigenvalue weighted by Crippen LogP contribution is -2.33. The quantitative estimate of drug-likeness (QED) is 0.766. The maximum Gasteiger partial charge on any atom is 0.227 e. The van der Waals surface area contributed by atoms with E-state index in [2.05, 4.69) is 13.8 Å². The van der Waals surface area contributed by atoms with Gasteiger partial charge in [0, 0.05) is 18.1 Å². The largest absolute Gasteiger partial charge is 0.497 e. The van der Waals surface area contributed by atoms with Crippen LogP contribution >= 0.6 is 11.6 Å². The van der Waals surface area contributed by atoms with Crippen molar-refractivity contribution in [3.63, 3.8) is 0 Å². The molecule has 0 unspecified atom stereocenters. The summed E-state index contributed by atoms with van der Waals surface area (Å²) in [6.45, 7) is 5.77. The molecular formula is C15H22ClNO2. The van der Waals surface area contributed by atoms with Gasteiger partial charge in [-0.3, -0.25) is 4.79 Å². The summed E-state index contributed by atoms with van der Waals surface area (Å²) in [6.07, 6.45) is 2.30. The SMILES string of the molecule is CCCN(CCC)C(=O)Cc1ccc(OC)cc1Cl. The number of nitrogens with zero attached hydrogens (tertiary/aromatic N) is 1. The van der Waals surface area contributed by atoms with Crippen molar-refractivity contribution in [3.05, 3.63) is 28.8 Å². The Hall–Kier alpha value is -1.22. The van der Waals surface area contributed by atoms with Crippen LogP contribution in [-0.4, -0.2) is 31.0 Å².